The number of hydrogen-bond donors (Lipinski definition) is 1. The third-order valence-electron chi connectivity index (χ3n) is 4.05. The highest BCUT2D eigenvalue weighted by atomic mass is 32.2. The van der Waals surface area contributed by atoms with Crippen LogP contribution in [0, 0.1) is 5.41 Å². The molecule has 19 heavy (non-hydrogen) atoms. The molecule has 2 nitrogen and oxygen atoms in total. The highest BCUT2D eigenvalue weighted by molar-refractivity contribution is 7.85. The Morgan fingerprint density at radius 2 is 2.00 bits per heavy atom. The largest absolute Gasteiger partial charge is 0.313 e. The SMILES string of the molecule is CCNC1CCC(C)(C)CC1S(=O)c1ccccc1. The molecule has 1 aliphatic carbocycles. The zero-order chi connectivity index (χ0) is 13.9. The Kier molecular flexibility index (Phi) is 4.80. The highest BCUT2D eigenvalue weighted by Crippen LogP contribution is 2.38. The normalized spacial score (nSPS) is 27.9. The molecule has 0 radical (unpaired) electrons. The van der Waals surface area contributed by atoms with Crippen molar-refractivity contribution in [2.75, 3.05) is 6.54 Å². The Bertz CT molecular complexity index is 430. The van der Waals surface area contributed by atoms with Gasteiger partial charge in [0.15, 0.2) is 0 Å². The van der Waals surface area contributed by atoms with Crippen LogP contribution in [0.4, 0.5) is 0 Å². The van der Waals surface area contributed by atoms with Gasteiger partial charge in [0, 0.05) is 10.9 Å². The average molecular weight is 279 g/mol. The van der Waals surface area contributed by atoms with Crippen molar-refractivity contribution in [3.8, 4) is 0 Å². The molecule has 1 aromatic rings. The maximum atomic E-state index is 12.8. The van der Waals surface area contributed by atoms with Crippen molar-refractivity contribution in [1.29, 1.82) is 0 Å². The molecule has 1 saturated carbocycles. The van der Waals surface area contributed by atoms with Gasteiger partial charge in [0.2, 0.25) is 0 Å². The number of nitrogens with one attached hydrogen (secondary N) is 1. The molecule has 3 unspecified atom stereocenters. The van der Waals surface area contributed by atoms with E-state index in [-0.39, 0.29) is 5.25 Å². The minimum atomic E-state index is -0.911. The van der Waals surface area contributed by atoms with Crippen LogP contribution in [0.5, 0.6) is 0 Å². The molecule has 1 aliphatic rings. The molecule has 0 bridgehead atoms. The predicted molar refractivity (Wildman–Crippen MR) is 81.7 cm³/mol. The van der Waals surface area contributed by atoms with E-state index in [0.29, 0.717) is 11.5 Å². The highest BCUT2D eigenvalue weighted by Gasteiger charge is 2.38. The lowest BCUT2D eigenvalue weighted by atomic mass is 9.75. The van der Waals surface area contributed by atoms with Crippen molar-refractivity contribution in [2.45, 2.75) is 56.2 Å². The predicted octanol–water partition coefficient (Wildman–Crippen LogP) is 3.35. The lowest BCUT2D eigenvalue weighted by Gasteiger charge is -2.40. The molecule has 0 aromatic heterocycles. The molecule has 3 heteroatoms. The first-order valence-electron chi connectivity index (χ1n) is 7.22. The topological polar surface area (TPSA) is 29.1 Å². The van der Waals surface area contributed by atoms with Gasteiger partial charge in [-0.1, -0.05) is 39.0 Å². The molecule has 3 atom stereocenters. The van der Waals surface area contributed by atoms with Gasteiger partial charge in [-0.25, -0.2) is 0 Å². The molecule has 0 amide bonds. The van der Waals surface area contributed by atoms with Crippen LogP contribution in [0.1, 0.15) is 40.0 Å². The summed E-state index contributed by atoms with van der Waals surface area (Å²) in [4.78, 5) is 0.966. The van der Waals surface area contributed by atoms with Crippen molar-refractivity contribution in [3.63, 3.8) is 0 Å². The molecule has 1 N–H and O–H groups in total. The van der Waals surface area contributed by atoms with E-state index < -0.39 is 10.8 Å². The molecule has 1 aromatic carbocycles. The summed E-state index contributed by atoms with van der Waals surface area (Å²) in [6.45, 7) is 7.67. The monoisotopic (exact) mass is 279 g/mol. The molecular weight excluding hydrogens is 254 g/mol. The van der Waals surface area contributed by atoms with E-state index in [9.17, 15) is 4.21 Å². The van der Waals surface area contributed by atoms with Gasteiger partial charge in [-0.2, -0.15) is 0 Å². The van der Waals surface area contributed by atoms with Crippen LogP contribution < -0.4 is 5.32 Å². The third kappa shape index (κ3) is 3.67. The van der Waals surface area contributed by atoms with E-state index in [1.54, 1.807) is 0 Å². The Hall–Kier alpha value is -0.670. The molecular formula is C16H25NOS. The standard InChI is InChI=1S/C16H25NOS/c1-4-17-14-10-11-16(2,3)12-15(14)19(18)13-8-6-5-7-9-13/h5-9,14-15,17H,4,10-12H2,1-3H3. The Morgan fingerprint density at radius 3 is 2.63 bits per heavy atom. The van der Waals surface area contributed by atoms with E-state index in [0.717, 1.165) is 24.3 Å². The fourth-order valence-electron chi connectivity index (χ4n) is 2.97. The summed E-state index contributed by atoms with van der Waals surface area (Å²) in [6.07, 6.45) is 3.38. The van der Waals surface area contributed by atoms with E-state index in [1.165, 1.54) is 6.42 Å². The zero-order valence-corrected chi connectivity index (χ0v) is 13.0. The van der Waals surface area contributed by atoms with Gasteiger partial charge in [-0.05, 0) is 43.4 Å². The summed E-state index contributed by atoms with van der Waals surface area (Å²) >= 11 is 0. The number of rotatable bonds is 4. The number of benzene rings is 1. The van der Waals surface area contributed by atoms with E-state index in [1.807, 2.05) is 30.3 Å². The minimum Gasteiger partial charge on any atom is -0.313 e. The maximum Gasteiger partial charge on any atom is 0.0576 e. The van der Waals surface area contributed by atoms with Crippen molar-refractivity contribution < 1.29 is 4.21 Å². The van der Waals surface area contributed by atoms with Crippen LogP contribution >= 0.6 is 0 Å². The average Bonchev–Trinajstić information content (AvgIpc) is 2.41. The fraction of sp³-hybridized carbons (Fsp3) is 0.625. The van der Waals surface area contributed by atoms with Gasteiger partial charge in [0.05, 0.1) is 16.0 Å². The van der Waals surface area contributed by atoms with Gasteiger partial charge >= 0.3 is 0 Å². The van der Waals surface area contributed by atoms with Gasteiger partial charge < -0.3 is 5.32 Å². The second-order valence-corrected chi connectivity index (χ2v) is 7.89. The van der Waals surface area contributed by atoms with Gasteiger partial charge in [0.1, 0.15) is 0 Å². The van der Waals surface area contributed by atoms with Gasteiger partial charge in [0.25, 0.3) is 0 Å². The molecule has 106 valence electrons. The lowest BCUT2D eigenvalue weighted by Crippen LogP contribution is -2.48. The summed E-state index contributed by atoms with van der Waals surface area (Å²) in [7, 11) is -0.911. The summed E-state index contributed by atoms with van der Waals surface area (Å²) in [5.41, 5.74) is 0.307. The first kappa shape index (κ1) is 14.7. The molecule has 0 saturated heterocycles. The molecule has 0 aliphatic heterocycles. The van der Waals surface area contributed by atoms with Crippen molar-refractivity contribution in [1.82, 2.24) is 5.32 Å². The molecule has 0 heterocycles. The summed E-state index contributed by atoms with van der Waals surface area (Å²) < 4.78 is 12.8. The molecule has 0 spiro atoms. The first-order valence-corrected chi connectivity index (χ1v) is 8.44. The smallest absolute Gasteiger partial charge is 0.0576 e. The van der Waals surface area contributed by atoms with Gasteiger partial charge in [-0.15, -0.1) is 0 Å². The quantitative estimate of drug-likeness (QED) is 0.916. The summed E-state index contributed by atoms with van der Waals surface area (Å²) in [5.74, 6) is 0. The van der Waals surface area contributed by atoms with Crippen molar-refractivity contribution >= 4 is 10.8 Å². The Labute approximate surface area is 119 Å². The van der Waals surface area contributed by atoms with Crippen LogP contribution in [0.3, 0.4) is 0 Å². The van der Waals surface area contributed by atoms with Crippen molar-refractivity contribution in [2.24, 2.45) is 5.41 Å². The lowest BCUT2D eigenvalue weighted by molar-refractivity contribution is 0.213. The Balaban J connectivity index is 2.19. The second kappa shape index (κ2) is 6.19. The fourth-order valence-corrected chi connectivity index (χ4v) is 4.88. The van der Waals surface area contributed by atoms with Crippen LogP contribution in [-0.2, 0) is 10.8 Å². The second-order valence-electron chi connectivity index (χ2n) is 6.22. The van der Waals surface area contributed by atoms with Crippen LogP contribution in [0.25, 0.3) is 0 Å². The van der Waals surface area contributed by atoms with Crippen LogP contribution in [-0.4, -0.2) is 22.0 Å². The van der Waals surface area contributed by atoms with E-state index in [4.69, 9.17) is 0 Å². The first-order chi connectivity index (χ1) is 9.03. The molecule has 2 rings (SSSR count). The van der Waals surface area contributed by atoms with Crippen LogP contribution in [0.15, 0.2) is 35.2 Å². The number of hydrogen-bond acceptors (Lipinski definition) is 2. The summed E-state index contributed by atoms with van der Waals surface area (Å²) in [6, 6.07) is 10.3. The molecule has 1 fully saturated rings. The van der Waals surface area contributed by atoms with Crippen LogP contribution in [0.2, 0.25) is 0 Å². The maximum absolute atomic E-state index is 12.8. The van der Waals surface area contributed by atoms with E-state index >= 15 is 0 Å². The van der Waals surface area contributed by atoms with E-state index in [2.05, 4.69) is 26.1 Å². The van der Waals surface area contributed by atoms with Crippen molar-refractivity contribution in [3.05, 3.63) is 30.3 Å². The van der Waals surface area contributed by atoms with Gasteiger partial charge in [-0.3, -0.25) is 4.21 Å². The minimum absolute atomic E-state index is 0.228. The summed E-state index contributed by atoms with van der Waals surface area (Å²) in [5, 5.41) is 3.76. The Morgan fingerprint density at radius 1 is 1.32 bits per heavy atom. The zero-order valence-electron chi connectivity index (χ0n) is 12.2. The third-order valence-corrected chi connectivity index (χ3v) is 5.83.